The van der Waals surface area contributed by atoms with Crippen molar-refractivity contribution in [1.29, 1.82) is 0 Å². The highest BCUT2D eigenvalue weighted by Gasteiger charge is 2.31. The minimum absolute atomic E-state index is 0.00273. The van der Waals surface area contributed by atoms with Crippen LogP contribution >= 0.6 is 0 Å². The van der Waals surface area contributed by atoms with Crippen molar-refractivity contribution in [3.05, 3.63) is 0 Å². The van der Waals surface area contributed by atoms with E-state index in [1.807, 2.05) is 0 Å². The number of likely N-dealkylation sites (N-methyl/N-ethyl adjacent to an activating group) is 1. The van der Waals surface area contributed by atoms with Crippen LogP contribution in [0.25, 0.3) is 0 Å². The van der Waals surface area contributed by atoms with Gasteiger partial charge in [-0.05, 0) is 12.8 Å². The van der Waals surface area contributed by atoms with E-state index in [4.69, 9.17) is 0 Å². The first kappa shape index (κ1) is 11.3. The third kappa shape index (κ3) is 4.45. The number of halogens is 3. The molecule has 1 amide bonds. The van der Waals surface area contributed by atoms with Gasteiger partial charge < -0.3 is 10.2 Å². The van der Waals surface area contributed by atoms with Gasteiger partial charge in [-0.25, -0.2) is 0 Å². The lowest BCUT2D eigenvalue weighted by molar-refractivity contribution is -0.157. The van der Waals surface area contributed by atoms with Crippen molar-refractivity contribution in [2.24, 2.45) is 0 Å². The normalized spacial score (nSPS) is 16.9. The monoisotopic (exact) mass is 210 g/mol. The van der Waals surface area contributed by atoms with Gasteiger partial charge in [0.05, 0.1) is 6.54 Å². The lowest BCUT2D eigenvalue weighted by Crippen LogP contribution is -2.41. The highest BCUT2D eigenvalue weighted by Crippen LogP contribution is 2.18. The maximum absolute atomic E-state index is 11.9. The van der Waals surface area contributed by atoms with E-state index in [-0.39, 0.29) is 6.54 Å². The number of alkyl halides is 3. The van der Waals surface area contributed by atoms with Crippen molar-refractivity contribution >= 4 is 5.91 Å². The molecule has 1 aliphatic carbocycles. The molecule has 6 heteroatoms. The summed E-state index contributed by atoms with van der Waals surface area (Å²) in [6, 6.07) is 0.332. The van der Waals surface area contributed by atoms with Gasteiger partial charge in [0, 0.05) is 13.1 Å². The Morgan fingerprint density at radius 3 is 2.50 bits per heavy atom. The number of hydrogen-bond acceptors (Lipinski definition) is 2. The summed E-state index contributed by atoms with van der Waals surface area (Å²) in [5.41, 5.74) is 0. The molecule has 1 rings (SSSR count). The molecule has 0 spiro atoms. The molecule has 0 heterocycles. The second kappa shape index (κ2) is 4.16. The van der Waals surface area contributed by atoms with E-state index in [1.54, 1.807) is 0 Å². The first-order valence-electron chi connectivity index (χ1n) is 4.42. The summed E-state index contributed by atoms with van der Waals surface area (Å²) in [7, 11) is 1.16. The molecule has 0 bridgehead atoms. The quantitative estimate of drug-likeness (QED) is 0.743. The van der Waals surface area contributed by atoms with E-state index in [0.29, 0.717) is 10.9 Å². The molecule has 14 heavy (non-hydrogen) atoms. The second-order valence-electron chi connectivity index (χ2n) is 3.52. The molecule has 0 aromatic heterocycles. The Morgan fingerprint density at radius 1 is 1.50 bits per heavy atom. The summed E-state index contributed by atoms with van der Waals surface area (Å²) in [6.45, 7) is -1.19. The van der Waals surface area contributed by atoms with Crippen molar-refractivity contribution in [3.63, 3.8) is 0 Å². The molecule has 1 fully saturated rings. The summed E-state index contributed by atoms with van der Waals surface area (Å²) in [4.78, 5) is 11.8. The van der Waals surface area contributed by atoms with Crippen LogP contribution in [-0.2, 0) is 4.79 Å². The van der Waals surface area contributed by atoms with Gasteiger partial charge in [-0.2, -0.15) is 13.2 Å². The molecular formula is C8H13F3N2O. The molecule has 0 saturated heterocycles. The van der Waals surface area contributed by atoms with Gasteiger partial charge in [-0.3, -0.25) is 4.79 Å². The zero-order valence-corrected chi connectivity index (χ0v) is 7.90. The van der Waals surface area contributed by atoms with Crippen LogP contribution < -0.4 is 5.32 Å². The minimum Gasteiger partial charge on any atom is -0.336 e. The van der Waals surface area contributed by atoms with Crippen LogP contribution in [0.15, 0.2) is 0 Å². The van der Waals surface area contributed by atoms with Gasteiger partial charge in [-0.15, -0.1) is 0 Å². The Morgan fingerprint density at radius 2 is 2.07 bits per heavy atom. The highest BCUT2D eigenvalue weighted by molar-refractivity contribution is 5.78. The van der Waals surface area contributed by atoms with E-state index in [2.05, 4.69) is 5.32 Å². The van der Waals surface area contributed by atoms with Gasteiger partial charge in [0.25, 0.3) is 0 Å². The number of nitrogens with zero attached hydrogens (tertiary/aromatic N) is 1. The third-order valence-corrected chi connectivity index (χ3v) is 1.96. The molecule has 1 aliphatic rings. The average molecular weight is 210 g/mol. The SMILES string of the molecule is CN(CC(F)(F)F)C(=O)CNC1CC1. The van der Waals surface area contributed by atoms with Crippen LogP contribution in [0, 0.1) is 0 Å². The van der Waals surface area contributed by atoms with Crippen molar-refractivity contribution in [2.45, 2.75) is 25.1 Å². The fraction of sp³-hybridized carbons (Fsp3) is 0.875. The average Bonchev–Trinajstić information content (AvgIpc) is 2.79. The minimum atomic E-state index is -4.32. The third-order valence-electron chi connectivity index (χ3n) is 1.96. The van der Waals surface area contributed by atoms with Crippen molar-refractivity contribution in [2.75, 3.05) is 20.1 Å². The Balaban J connectivity index is 2.20. The summed E-state index contributed by atoms with van der Waals surface area (Å²) >= 11 is 0. The van der Waals surface area contributed by atoms with Gasteiger partial charge in [0.15, 0.2) is 0 Å². The molecule has 0 atom stereocenters. The van der Waals surface area contributed by atoms with Crippen LogP contribution in [-0.4, -0.2) is 43.2 Å². The zero-order valence-electron chi connectivity index (χ0n) is 7.90. The smallest absolute Gasteiger partial charge is 0.336 e. The Hall–Kier alpha value is -0.780. The number of carbonyl (C=O) groups is 1. The maximum Gasteiger partial charge on any atom is 0.406 e. The number of rotatable bonds is 4. The van der Waals surface area contributed by atoms with Crippen LogP contribution in [0.5, 0.6) is 0 Å². The van der Waals surface area contributed by atoms with E-state index >= 15 is 0 Å². The second-order valence-corrected chi connectivity index (χ2v) is 3.52. The lowest BCUT2D eigenvalue weighted by atomic mass is 10.4. The van der Waals surface area contributed by atoms with E-state index in [0.717, 1.165) is 19.9 Å². The topological polar surface area (TPSA) is 32.3 Å². The molecule has 0 aliphatic heterocycles. The van der Waals surface area contributed by atoms with E-state index in [9.17, 15) is 18.0 Å². The summed E-state index contributed by atoms with van der Waals surface area (Å²) in [5, 5.41) is 2.86. The molecule has 1 N–H and O–H groups in total. The molecule has 3 nitrogen and oxygen atoms in total. The van der Waals surface area contributed by atoms with Gasteiger partial charge in [0.2, 0.25) is 5.91 Å². The fourth-order valence-corrected chi connectivity index (χ4v) is 1.01. The fourth-order valence-electron chi connectivity index (χ4n) is 1.01. The zero-order chi connectivity index (χ0) is 10.8. The Labute approximate surface area is 80.3 Å². The largest absolute Gasteiger partial charge is 0.406 e. The Bertz CT molecular complexity index is 213. The summed E-state index contributed by atoms with van der Waals surface area (Å²) in [5.74, 6) is -0.519. The van der Waals surface area contributed by atoms with Crippen molar-refractivity contribution < 1.29 is 18.0 Å². The number of amides is 1. The standard InChI is InChI=1S/C8H13F3N2O/c1-13(5-8(9,10)11)7(14)4-12-6-2-3-6/h6,12H,2-5H2,1H3. The summed E-state index contributed by atoms with van der Waals surface area (Å²) < 4.78 is 35.6. The van der Waals surface area contributed by atoms with Gasteiger partial charge in [-0.1, -0.05) is 0 Å². The number of nitrogens with one attached hydrogen (secondary N) is 1. The molecule has 0 radical (unpaired) electrons. The molecule has 0 aromatic carbocycles. The predicted molar refractivity (Wildman–Crippen MR) is 44.7 cm³/mol. The van der Waals surface area contributed by atoms with Crippen molar-refractivity contribution in [3.8, 4) is 0 Å². The van der Waals surface area contributed by atoms with Crippen LogP contribution in [0.1, 0.15) is 12.8 Å². The first-order chi connectivity index (χ1) is 6.38. The van der Waals surface area contributed by atoms with Crippen molar-refractivity contribution in [1.82, 2.24) is 10.2 Å². The first-order valence-corrected chi connectivity index (χ1v) is 4.42. The highest BCUT2D eigenvalue weighted by atomic mass is 19.4. The summed E-state index contributed by atoms with van der Waals surface area (Å²) in [6.07, 6.45) is -2.30. The molecule has 82 valence electrons. The molecular weight excluding hydrogens is 197 g/mol. The molecule has 1 saturated carbocycles. The van der Waals surface area contributed by atoms with Crippen LogP contribution in [0.3, 0.4) is 0 Å². The van der Waals surface area contributed by atoms with Gasteiger partial charge in [0.1, 0.15) is 6.54 Å². The Kier molecular flexibility index (Phi) is 3.36. The maximum atomic E-state index is 11.9. The molecule has 0 aromatic rings. The van der Waals surface area contributed by atoms with E-state index < -0.39 is 18.6 Å². The number of carbonyl (C=O) groups excluding carboxylic acids is 1. The van der Waals surface area contributed by atoms with Gasteiger partial charge >= 0.3 is 6.18 Å². The molecule has 0 unspecified atom stereocenters. The lowest BCUT2D eigenvalue weighted by Gasteiger charge is -2.18. The predicted octanol–water partition coefficient (Wildman–Crippen LogP) is 0.759. The van der Waals surface area contributed by atoms with Crippen LogP contribution in [0.4, 0.5) is 13.2 Å². The van der Waals surface area contributed by atoms with E-state index in [1.165, 1.54) is 0 Å². The number of hydrogen-bond donors (Lipinski definition) is 1. The van der Waals surface area contributed by atoms with Crippen LogP contribution in [0.2, 0.25) is 0 Å².